The lowest BCUT2D eigenvalue weighted by atomic mass is 10.0. The summed E-state index contributed by atoms with van der Waals surface area (Å²) < 4.78 is 24.0. The molecule has 3 aromatic carbocycles. The summed E-state index contributed by atoms with van der Waals surface area (Å²) in [7, 11) is 0. The van der Waals surface area contributed by atoms with Gasteiger partial charge in [-0.1, -0.05) is 66.7 Å². The van der Waals surface area contributed by atoms with Crippen LogP contribution in [0.1, 0.15) is 30.4 Å². The summed E-state index contributed by atoms with van der Waals surface area (Å²) in [5.74, 6) is 0.726. The van der Waals surface area contributed by atoms with Crippen LogP contribution < -0.4 is 14.9 Å². The van der Waals surface area contributed by atoms with E-state index < -0.39 is 6.29 Å². The van der Waals surface area contributed by atoms with Crippen LogP contribution in [-0.4, -0.2) is 12.9 Å². The van der Waals surface area contributed by atoms with Crippen LogP contribution in [0.15, 0.2) is 82.0 Å². The summed E-state index contributed by atoms with van der Waals surface area (Å²) in [6.07, 6.45) is 2.38. The van der Waals surface area contributed by atoms with E-state index >= 15 is 0 Å². The fourth-order valence-corrected chi connectivity index (χ4v) is 4.00. The third-order valence-electron chi connectivity index (χ3n) is 5.87. The van der Waals surface area contributed by atoms with Gasteiger partial charge in [-0.3, -0.25) is 4.79 Å². The fraction of sp³-hybridized carbons (Fsp3) is 0.250. The van der Waals surface area contributed by atoms with Crippen molar-refractivity contribution >= 4 is 10.8 Å². The monoisotopic (exact) mass is 442 g/mol. The number of fused-ring (bicyclic) bond motifs is 1. The first-order chi connectivity index (χ1) is 16.2. The second kappa shape index (κ2) is 9.51. The standard InChI is InChI=1S/C28H26O5/c1-19-25(29)27(31-18-20-9-3-2-4-10-20)26(33-28(19)32-24-13-7-8-16-30-24)23-15-14-21-11-5-6-12-22(21)17-23/h2-6,9-12,14-15,17,24H,7-8,13,16,18H2,1H3. The van der Waals surface area contributed by atoms with E-state index in [1.165, 1.54) is 0 Å². The Morgan fingerprint density at radius 2 is 1.73 bits per heavy atom. The number of hydrogen-bond acceptors (Lipinski definition) is 5. The van der Waals surface area contributed by atoms with Gasteiger partial charge in [0, 0.05) is 12.0 Å². The van der Waals surface area contributed by atoms with Crippen molar-refractivity contribution in [1.82, 2.24) is 0 Å². The Morgan fingerprint density at radius 3 is 2.52 bits per heavy atom. The van der Waals surface area contributed by atoms with Crippen molar-refractivity contribution in [3.05, 3.63) is 94.1 Å². The molecule has 1 fully saturated rings. The molecule has 1 saturated heterocycles. The zero-order chi connectivity index (χ0) is 22.6. The number of benzene rings is 3. The normalized spacial score (nSPS) is 16.0. The molecular weight excluding hydrogens is 416 g/mol. The molecule has 0 amide bonds. The first-order valence-corrected chi connectivity index (χ1v) is 11.3. The van der Waals surface area contributed by atoms with Crippen molar-refractivity contribution in [2.45, 2.75) is 39.1 Å². The van der Waals surface area contributed by atoms with Crippen LogP contribution in [0.2, 0.25) is 0 Å². The van der Waals surface area contributed by atoms with Gasteiger partial charge in [0.1, 0.15) is 6.61 Å². The average Bonchev–Trinajstić information content (AvgIpc) is 2.87. The second-order valence-corrected chi connectivity index (χ2v) is 8.25. The van der Waals surface area contributed by atoms with Crippen molar-refractivity contribution in [3.8, 4) is 23.0 Å². The van der Waals surface area contributed by atoms with Crippen LogP contribution in [0.3, 0.4) is 0 Å². The Bertz CT molecular complexity index is 1300. The molecule has 0 spiro atoms. The highest BCUT2D eigenvalue weighted by Crippen LogP contribution is 2.35. The minimum atomic E-state index is -0.416. The molecule has 0 bridgehead atoms. The van der Waals surface area contributed by atoms with Gasteiger partial charge >= 0.3 is 0 Å². The highest BCUT2D eigenvalue weighted by molar-refractivity contribution is 5.87. The molecule has 1 aliphatic rings. The van der Waals surface area contributed by atoms with Gasteiger partial charge in [-0.05, 0) is 42.2 Å². The Morgan fingerprint density at radius 1 is 0.939 bits per heavy atom. The quantitative estimate of drug-likeness (QED) is 0.353. The molecule has 0 saturated carbocycles. The summed E-state index contributed by atoms with van der Waals surface area (Å²) in [6, 6.07) is 23.8. The van der Waals surface area contributed by atoms with Gasteiger partial charge < -0.3 is 18.6 Å². The SMILES string of the molecule is Cc1c(OC2CCCCO2)oc(-c2ccc3ccccc3c2)c(OCc2ccccc2)c1=O. The first-order valence-electron chi connectivity index (χ1n) is 11.3. The van der Waals surface area contributed by atoms with Crippen molar-refractivity contribution in [1.29, 1.82) is 0 Å². The zero-order valence-electron chi connectivity index (χ0n) is 18.6. The van der Waals surface area contributed by atoms with Gasteiger partial charge in [0.25, 0.3) is 5.95 Å². The molecule has 4 aromatic rings. The van der Waals surface area contributed by atoms with Crippen molar-refractivity contribution in [3.63, 3.8) is 0 Å². The van der Waals surface area contributed by atoms with Crippen LogP contribution in [0, 0.1) is 6.92 Å². The molecule has 0 aliphatic carbocycles. The highest BCUT2D eigenvalue weighted by atomic mass is 16.7. The maximum absolute atomic E-state index is 13.4. The van der Waals surface area contributed by atoms with Gasteiger partial charge in [-0.2, -0.15) is 0 Å². The van der Waals surface area contributed by atoms with E-state index in [0.717, 1.165) is 41.2 Å². The zero-order valence-corrected chi connectivity index (χ0v) is 18.6. The first kappa shape index (κ1) is 21.3. The largest absolute Gasteiger partial charge is 0.481 e. The molecule has 1 aromatic heterocycles. The molecule has 2 heterocycles. The lowest BCUT2D eigenvalue weighted by molar-refractivity contribution is -0.115. The summed E-state index contributed by atoms with van der Waals surface area (Å²) in [6.45, 7) is 2.60. The van der Waals surface area contributed by atoms with Crippen LogP contribution in [0.4, 0.5) is 0 Å². The summed E-state index contributed by atoms with van der Waals surface area (Å²) in [5.41, 5.74) is 1.85. The van der Waals surface area contributed by atoms with Crippen molar-refractivity contribution < 1.29 is 18.6 Å². The molecule has 33 heavy (non-hydrogen) atoms. The third kappa shape index (κ3) is 4.64. The molecule has 5 rings (SSSR count). The summed E-state index contributed by atoms with van der Waals surface area (Å²) in [5, 5.41) is 2.15. The van der Waals surface area contributed by atoms with Gasteiger partial charge in [0.15, 0.2) is 5.76 Å². The van der Waals surface area contributed by atoms with Crippen LogP contribution in [-0.2, 0) is 11.3 Å². The van der Waals surface area contributed by atoms with E-state index in [4.69, 9.17) is 18.6 Å². The second-order valence-electron chi connectivity index (χ2n) is 8.25. The molecule has 1 unspecified atom stereocenters. The fourth-order valence-electron chi connectivity index (χ4n) is 4.00. The molecule has 1 atom stereocenters. The van der Waals surface area contributed by atoms with Crippen LogP contribution in [0.5, 0.6) is 11.7 Å². The van der Waals surface area contributed by atoms with E-state index in [2.05, 4.69) is 0 Å². The topological polar surface area (TPSA) is 57.9 Å². The van der Waals surface area contributed by atoms with E-state index in [1.807, 2.05) is 72.8 Å². The third-order valence-corrected chi connectivity index (χ3v) is 5.87. The van der Waals surface area contributed by atoms with Gasteiger partial charge in [0.2, 0.25) is 17.5 Å². The molecule has 5 nitrogen and oxygen atoms in total. The van der Waals surface area contributed by atoms with Gasteiger partial charge in [0.05, 0.1) is 12.2 Å². The molecule has 0 N–H and O–H groups in total. The predicted molar refractivity (Wildman–Crippen MR) is 128 cm³/mol. The van der Waals surface area contributed by atoms with E-state index in [1.54, 1.807) is 6.92 Å². The number of rotatable bonds is 6. The minimum Gasteiger partial charge on any atom is -0.481 e. The van der Waals surface area contributed by atoms with E-state index in [0.29, 0.717) is 17.9 Å². The average molecular weight is 443 g/mol. The summed E-state index contributed by atoms with van der Waals surface area (Å²) in [4.78, 5) is 13.4. The lowest BCUT2D eigenvalue weighted by Crippen LogP contribution is -2.26. The van der Waals surface area contributed by atoms with Crippen LogP contribution in [0.25, 0.3) is 22.1 Å². The Kier molecular flexibility index (Phi) is 6.13. The Labute approximate surface area is 192 Å². The molecular formula is C28H26O5. The van der Waals surface area contributed by atoms with Crippen LogP contribution >= 0.6 is 0 Å². The minimum absolute atomic E-state index is 0.183. The Balaban J connectivity index is 1.58. The van der Waals surface area contributed by atoms with E-state index in [-0.39, 0.29) is 23.7 Å². The maximum atomic E-state index is 13.4. The number of ether oxygens (including phenoxy) is 3. The van der Waals surface area contributed by atoms with E-state index in [9.17, 15) is 4.79 Å². The van der Waals surface area contributed by atoms with Crippen molar-refractivity contribution in [2.24, 2.45) is 0 Å². The highest BCUT2D eigenvalue weighted by Gasteiger charge is 2.24. The maximum Gasteiger partial charge on any atom is 0.294 e. The molecule has 0 radical (unpaired) electrons. The van der Waals surface area contributed by atoms with Gasteiger partial charge in [-0.25, -0.2) is 0 Å². The lowest BCUT2D eigenvalue weighted by Gasteiger charge is -2.23. The Hall–Kier alpha value is -3.57. The van der Waals surface area contributed by atoms with Gasteiger partial charge in [-0.15, -0.1) is 0 Å². The molecule has 5 heteroatoms. The molecule has 1 aliphatic heterocycles. The summed E-state index contributed by atoms with van der Waals surface area (Å²) >= 11 is 0. The number of hydrogen-bond donors (Lipinski definition) is 0. The molecule has 168 valence electrons. The smallest absolute Gasteiger partial charge is 0.294 e. The predicted octanol–water partition coefficient (Wildman–Crippen LogP) is 6.25. The van der Waals surface area contributed by atoms with Crippen molar-refractivity contribution in [2.75, 3.05) is 6.61 Å².